The van der Waals surface area contributed by atoms with Gasteiger partial charge in [0, 0.05) is 0 Å². The summed E-state index contributed by atoms with van der Waals surface area (Å²) in [5, 5.41) is 0. The number of nitrogens with one attached hydrogen (secondary N) is 1. The molecule has 0 saturated carbocycles. The molecule has 0 aromatic heterocycles. The summed E-state index contributed by atoms with van der Waals surface area (Å²) >= 11 is 0. The quantitative estimate of drug-likeness (QED) is 0.581. The average molecular weight is 221 g/mol. The first-order chi connectivity index (χ1) is 7.75. The highest BCUT2D eigenvalue weighted by molar-refractivity contribution is 5.81. The topological polar surface area (TPSA) is 64.6 Å². The minimum Gasteiger partial charge on any atom is -0.462 e. The van der Waals surface area contributed by atoms with Gasteiger partial charge in [0.05, 0.1) is 6.42 Å². The summed E-state index contributed by atoms with van der Waals surface area (Å²) < 4.78 is 4.50. The van der Waals surface area contributed by atoms with E-state index in [0.29, 0.717) is 0 Å². The Labute approximate surface area is 92.3 Å². The van der Waals surface area contributed by atoms with Crippen LogP contribution in [-0.2, 0) is 25.6 Å². The van der Waals surface area contributed by atoms with Gasteiger partial charge in [0.15, 0.2) is 6.04 Å². The van der Waals surface area contributed by atoms with Gasteiger partial charge in [-0.15, -0.1) is 5.48 Å². The average Bonchev–Trinajstić information content (AvgIpc) is 2.28. The maximum Gasteiger partial charge on any atom is 0.330 e. The van der Waals surface area contributed by atoms with Crippen LogP contribution in [0.3, 0.4) is 0 Å². The van der Waals surface area contributed by atoms with Crippen molar-refractivity contribution in [3.63, 3.8) is 0 Å². The molecular weight excluding hydrogens is 210 g/mol. The molecule has 2 rings (SSSR count). The van der Waals surface area contributed by atoms with E-state index >= 15 is 0 Å². The lowest BCUT2D eigenvalue weighted by molar-refractivity contribution is -0.176. The molecule has 84 valence electrons. The van der Waals surface area contributed by atoms with Gasteiger partial charge < -0.3 is 9.57 Å². The normalized spacial score (nSPS) is 18.5. The number of hydrogen-bond donors (Lipinski definition) is 1. The lowest BCUT2D eigenvalue weighted by atomic mass is 10.2. The highest BCUT2D eigenvalue weighted by atomic mass is 16.7. The second kappa shape index (κ2) is 4.76. The van der Waals surface area contributed by atoms with Crippen LogP contribution in [0, 0.1) is 0 Å². The Hall–Kier alpha value is -1.88. The number of hydrogen-bond acceptors (Lipinski definition) is 5. The van der Waals surface area contributed by atoms with E-state index in [9.17, 15) is 9.59 Å². The van der Waals surface area contributed by atoms with Crippen molar-refractivity contribution in [3.8, 4) is 0 Å². The monoisotopic (exact) mass is 221 g/mol. The first kappa shape index (κ1) is 10.6. The Morgan fingerprint density at radius 2 is 2.19 bits per heavy atom. The SMILES string of the molecule is O=C(Cc1ccccc1)ON[C@@H]1COC1=O. The molecule has 5 heteroatoms. The Kier molecular flexibility index (Phi) is 3.16. The molecule has 0 spiro atoms. The molecular formula is C11H11NO4. The smallest absolute Gasteiger partial charge is 0.330 e. The van der Waals surface area contributed by atoms with E-state index in [1.807, 2.05) is 30.3 Å². The Morgan fingerprint density at radius 3 is 2.75 bits per heavy atom. The molecule has 5 nitrogen and oxygen atoms in total. The van der Waals surface area contributed by atoms with E-state index in [1.54, 1.807) is 0 Å². The molecule has 1 N–H and O–H groups in total. The third kappa shape index (κ3) is 2.58. The number of benzene rings is 1. The minimum atomic E-state index is -0.514. The summed E-state index contributed by atoms with van der Waals surface area (Å²) in [6.45, 7) is 0.247. The fourth-order valence-electron chi connectivity index (χ4n) is 1.25. The van der Waals surface area contributed by atoms with Gasteiger partial charge in [-0.1, -0.05) is 30.3 Å². The molecule has 1 aliphatic rings. The van der Waals surface area contributed by atoms with Crippen LogP contribution in [0.4, 0.5) is 0 Å². The van der Waals surface area contributed by atoms with Gasteiger partial charge in [-0.05, 0) is 5.56 Å². The fourth-order valence-corrected chi connectivity index (χ4v) is 1.25. The van der Waals surface area contributed by atoms with Crippen LogP contribution < -0.4 is 5.48 Å². The first-order valence-corrected chi connectivity index (χ1v) is 4.91. The second-order valence-corrected chi connectivity index (χ2v) is 3.44. The number of cyclic esters (lactones) is 1. The van der Waals surface area contributed by atoms with Crippen LogP contribution in [-0.4, -0.2) is 24.6 Å². The predicted molar refractivity (Wildman–Crippen MR) is 54.1 cm³/mol. The van der Waals surface area contributed by atoms with Crippen molar-refractivity contribution >= 4 is 11.9 Å². The molecule has 1 heterocycles. The van der Waals surface area contributed by atoms with Crippen molar-refractivity contribution in [1.29, 1.82) is 0 Å². The number of carbonyl (C=O) groups excluding carboxylic acids is 2. The zero-order valence-electron chi connectivity index (χ0n) is 8.51. The Balaban J connectivity index is 1.74. The molecule has 1 aliphatic heterocycles. The first-order valence-electron chi connectivity index (χ1n) is 4.91. The lowest BCUT2D eigenvalue weighted by Crippen LogP contribution is -2.51. The van der Waals surface area contributed by atoms with Gasteiger partial charge >= 0.3 is 11.9 Å². The summed E-state index contributed by atoms with van der Waals surface area (Å²) in [5.74, 6) is -0.821. The molecule has 0 radical (unpaired) electrons. The molecule has 0 unspecified atom stereocenters. The van der Waals surface area contributed by atoms with E-state index < -0.39 is 18.0 Å². The van der Waals surface area contributed by atoms with E-state index in [0.717, 1.165) is 5.56 Å². The maximum absolute atomic E-state index is 11.3. The molecule has 1 atom stereocenters. The number of esters is 1. The van der Waals surface area contributed by atoms with Gasteiger partial charge in [-0.3, -0.25) is 9.59 Å². The van der Waals surface area contributed by atoms with Gasteiger partial charge in [-0.2, -0.15) is 0 Å². The van der Waals surface area contributed by atoms with Crippen LogP contribution in [0.5, 0.6) is 0 Å². The zero-order valence-corrected chi connectivity index (χ0v) is 8.51. The molecule has 16 heavy (non-hydrogen) atoms. The fraction of sp³-hybridized carbons (Fsp3) is 0.273. The minimum absolute atomic E-state index is 0.176. The van der Waals surface area contributed by atoms with Crippen LogP contribution in [0.25, 0.3) is 0 Å². The highest BCUT2D eigenvalue weighted by Gasteiger charge is 2.31. The number of hydroxylamine groups is 1. The molecule has 0 amide bonds. The van der Waals surface area contributed by atoms with Crippen molar-refractivity contribution in [2.45, 2.75) is 12.5 Å². The van der Waals surface area contributed by atoms with Crippen molar-refractivity contribution < 1.29 is 19.2 Å². The van der Waals surface area contributed by atoms with Crippen LogP contribution in [0.1, 0.15) is 5.56 Å². The van der Waals surface area contributed by atoms with Gasteiger partial charge in [0.2, 0.25) is 0 Å². The van der Waals surface area contributed by atoms with Crippen molar-refractivity contribution in [2.24, 2.45) is 0 Å². The molecule has 0 bridgehead atoms. The molecule has 1 aromatic carbocycles. The van der Waals surface area contributed by atoms with E-state index in [2.05, 4.69) is 10.2 Å². The number of carbonyl (C=O) groups is 2. The van der Waals surface area contributed by atoms with Crippen LogP contribution >= 0.6 is 0 Å². The summed E-state index contributed by atoms with van der Waals surface area (Å²) in [7, 11) is 0. The number of ether oxygens (including phenoxy) is 1. The summed E-state index contributed by atoms with van der Waals surface area (Å²) in [4.78, 5) is 26.8. The Bertz CT molecular complexity index is 390. The predicted octanol–water partition coefficient (Wildman–Crippen LogP) is 0.202. The van der Waals surface area contributed by atoms with Crippen molar-refractivity contribution in [2.75, 3.05) is 6.61 Å². The number of rotatable bonds is 4. The van der Waals surface area contributed by atoms with Crippen molar-refractivity contribution in [3.05, 3.63) is 35.9 Å². The zero-order chi connectivity index (χ0) is 11.4. The largest absolute Gasteiger partial charge is 0.462 e. The highest BCUT2D eigenvalue weighted by Crippen LogP contribution is 2.04. The summed E-state index contributed by atoms with van der Waals surface area (Å²) in [5.41, 5.74) is 3.23. The standard InChI is InChI=1S/C11H11NO4/c13-10(6-8-4-2-1-3-5-8)16-12-9-7-15-11(9)14/h1-5,9,12H,6-7H2/t9-/m1/s1. The maximum atomic E-state index is 11.3. The molecule has 1 aromatic rings. The van der Waals surface area contributed by atoms with Crippen LogP contribution in [0.2, 0.25) is 0 Å². The van der Waals surface area contributed by atoms with E-state index in [-0.39, 0.29) is 13.0 Å². The Morgan fingerprint density at radius 1 is 1.44 bits per heavy atom. The molecule has 0 aliphatic carbocycles. The van der Waals surface area contributed by atoms with E-state index in [4.69, 9.17) is 4.84 Å². The summed E-state index contributed by atoms with van der Waals surface area (Å²) in [6, 6.07) is 8.72. The lowest BCUT2D eigenvalue weighted by Gasteiger charge is -2.24. The third-order valence-corrected chi connectivity index (χ3v) is 2.18. The third-order valence-electron chi connectivity index (χ3n) is 2.18. The van der Waals surface area contributed by atoms with Gasteiger partial charge in [0.25, 0.3) is 0 Å². The van der Waals surface area contributed by atoms with Gasteiger partial charge in [0.1, 0.15) is 6.61 Å². The van der Waals surface area contributed by atoms with Crippen molar-refractivity contribution in [1.82, 2.24) is 5.48 Å². The van der Waals surface area contributed by atoms with Gasteiger partial charge in [-0.25, -0.2) is 0 Å². The van der Waals surface area contributed by atoms with E-state index in [1.165, 1.54) is 0 Å². The summed E-state index contributed by atoms with van der Waals surface area (Å²) in [6.07, 6.45) is 0.176. The molecule has 1 fully saturated rings. The molecule has 1 saturated heterocycles. The van der Waals surface area contributed by atoms with Crippen LogP contribution in [0.15, 0.2) is 30.3 Å². The second-order valence-electron chi connectivity index (χ2n) is 3.44.